The van der Waals surface area contributed by atoms with Crippen molar-refractivity contribution in [3.8, 4) is 0 Å². The number of hydrogen-bond acceptors (Lipinski definition) is 3. The summed E-state index contributed by atoms with van der Waals surface area (Å²) in [5.41, 5.74) is 0. The van der Waals surface area contributed by atoms with Gasteiger partial charge >= 0.3 is 0 Å². The first-order chi connectivity index (χ1) is 8.22. The van der Waals surface area contributed by atoms with Crippen LogP contribution in [0.15, 0.2) is 16.5 Å². The molecule has 2 atom stereocenters. The number of furan rings is 1. The van der Waals surface area contributed by atoms with Gasteiger partial charge in [-0.15, -0.1) is 0 Å². The maximum Gasteiger partial charge on any atom is 0.220 e. The van der Waals surface area contributed by atoms with E-state index in [0.29, 0.717) is 18.5 Å². The van der Waals surface area contributed by atoms with Gasteiger partial charge in [-0.1, -0.05) is 0 Å². The third-order valence-electron chi connectivity index (χ3n) is 3.83. The molecule has 1 aromatic rings. The lowest BCUT2D eigenvalue weighted by Gasteiger charge is -2.31. The topological polar surface area (TPSA) is 45.5 Å². The zero-order valence-electron chi connectivity index (χ0n) is 10.1. The molecule has 2 aliphatic rings. The number of hydrogen-bond donors (Lipinski definition) is 1. The molecule has 3 heterocycles. The van der Waals surface area contributed by atoms with Gasteiger partial charge in [0.2, 0.25) is 5.91 Å². The van der Waals surface area contributed by atoms with Crippen LogP contribution in [-0.2, 0) is 11.3 Å². The van der Waals surface area contributed by atoms with Crippen LogP contribution in [0.4, 0.5) is 0 Å². The standard InChI is InChI=1S/C13H18N2O2/c1-9-2-3-10(17-9)8-15-7-6-11-12(15)4-5-13(16)14-11/h2-3,11-12H,4-8H2,1H3,(H,14,16)/t11-,12+/m0/s1. The van der Waals surface area contributed by atoms with E-state index in [2.05, 4.69) is 10.2 Å². The second-order valence-electron chi connectivity index (χ2n) is 5.05. The average Bonchev–Trinajstić information content (AvgIpc) is 2.86. The van der Waals surface area contributed by atoms with E-state index in [0.717, 1.165) is 37.5 Å². The van der Waals surface area contributed by atoms with Crippen LogP contribution in [0.25, 0.3) is 0 Å². The maximum atomic E-state index is 11.3. The Labute approximate surface area is 101 Å². The van der Waals surface area contributed by atoms with E-state index in [1.807, 2.05) is 19.1 Å². The minimum atomic E-state index is 0.210. The lowest BCUT2D eigenvalue weighted by atomic mass is 9.99. The normalized spacial score (nSPS) is 29.1. The number of piperidine rings is 1. The summed E-state index contributed by atoms with van der Waals surface area (Å²) in [4.78, 5) is 13.8. The summed E-state index contributed by atoms with van der Waals surface area (Å²) in [7, 11) is 0. The van der Waals surface area contributed by atoms with Crippen LogP contribution in [0.2, 0.25) is 0 Å². The van der Waals surface area contributed by atoms with E-state index in [1.165, 1.54) is 0 Å². The van der Waals surface area contributed by atoms with Crippen molar-refractivity contribution in [1.82, 2.24) is 10.2 Å². The van der Waals surface area contributed by atoms with Gasteiger partial charge in [-0.2, -0.15) is 0 Å². The van der Waals surface area contributed by atoms with Gasteiger partial charge in [0.05, 0.1) is 6.54 Å². The molecular weight excluding hydrogens is 216 g/mol. The zero-order chi connectivity index (χ0) is 11.8. The summed E-state index contributed by atoms with van der Waals surface area (Å²) in [6.07, 6.45) is 2.71. The quantitative estimate of drug-likeness (QED) is 0.842. The van der Waals surface area contributed by atoms with Crippen LogP contribution in [-0.4, -0.2) is 29.4 Å². The number of carbonyl (C=O) groups excluding carboxylic acids is 1. The predicted molar refractivity (Wildman–Crippen MR) is 63.4 cm³/mol. The Bertz CT molecular complexity index is 427. The first-order valence-corrected chi connectivity index (χ1v) is 6.31. The number of fused-ring (bicyclic) bond motifs is 1. The van der Waals surface area contributed by atoms with Crippen LogP contribution in [0, 0.1) is 6.92 Å². The minimum Gasteiger partial charge on any atom is -0.465 e. The summed E-state index contributed by atoms with van der Waals surface area (Å²) in [6, 6.07) is 4.90. The van der Waals surface area contributed by atoms with Crippen molar-refractivity contribution in [2.45, 2.75) is 44.8 Å². The molecule has 4 nitrogen and oxygen atoms in total. The molecule has 3 rings (SSSR count). The number of aryl methyl sites for hydroxylation is 1. The molecule has 0 saturated carbocycles. The molecule has 4 heteroatoms. The van der Waals surface area contributed by atoms with Crippen molar-refractivity contribution in [3.63, 3.8) is 0 Å². The summed E-state index contributed by atoms with van der Waals surface area (Å²) in [5, 5.41) is 3.09. The van der Waals surface area contributed by atoms with Crippen molar-refractivity contribution in [3.05, 3.63) is 23.7 Å². The van der Waals surface area contributed by atoms with E-state index in [1.54, 1.807) is 0 Å². The summed E-state index contributed by atoms with van der Waals surface area (Å²) in [6.45, 7) is 3.89. The lowest BCUT2D eigenvalue weighted by Crippen LogP contribution is -2.49. The van der Waals surface area contributed by atoms with Gasteiger partial charge in [0, 0.05) is 25.0 Å². The predicted octanol–water partition coefficient (Wildman–Crippen LogP) is 1.44. The van der Waals surface area contributed by atoms with Gasteiger partial charge < -0.3 is 9.73 Å². The summed E-state index contributed by atoms with van der Waals surface area (Å²) < 4.78 is 5.62. The molecule has 92 valence electrons. The maximum absolute atomic E-state index is 11.3. The average molecular weight is 234 g/mol. The fourth-order valence-corrected chi connectivity index (χ4v) is 2.99. The van der Waals surface area contributed by atoms with E-state index in [9.17, 15) is 4.79 Å². The van der Waals surface area contributed by atoms with Crippen molar-refractivity contribution in [2.24, 2.45) is 0 Å². The van der Waals surface area contributed by atoms with E-state index in [4.69, 9.17) is 4.42 Å². The highest BCUT2D eigenvalue weighted by molar-refractivity contribution is 5.77. The fraction of sp³-hybridized carbons (Fsp3) is 0.615. The van der Waals surface area contributed by atoms with Gasteiger partial charge in [-0.3, -0.25) is 9.69 Å². The van der Waals surface area contributed by atoms with Crippen LogP contribution in [0.3, 0.4) is 0 Å². The lowest BCUT2D eigenvalue weighted by molar-refractivity contribution is -0.124. The fourth-order valence-electron chi connectivity index (χ4n) is 2.99. The number of amides is 1. The van der Waals surface area contributed by atoms with Crippen LogP contribution >= 0.6 is 0 Å². The summed E-state index contributed by atoms with van der Waals surface area (Å²) in [5.74, 6) is 2.20. The van der Waals surface area contributed by atoms with Crippen LogP contribution in [0.5, 0.6) is 0 Å². The van der Waals surface area contributed by atoms with Gasteiger partial charge in [0.15, 0.2) is 0 Å². The molecule has 0 unspecified atom stereocenters. The molecule has 1 N–H and O–H groups in total. The highest BCUT2D eigenvalue weighted by Gasteiger charge is 2.38. The highest BCUT2D eigenvalue weighted by atomic mass is 16.3. The SMILES string of the molecule is Cc1ccc(CN2CC[C@@H]3NC(=O)CC[C@H]32)o1. The first-order valence-electron chi connectivity index (χ1n) is 6.31. The van der Waals surface area contributed by atoms with Crippen molar-refractivity contribution >= 4 is 5.91 Å². The number of nitrogens with zero attached hydrogens (tertiary/aromatic N) is 1. The van der Waals surface area contributed by atoms with Crippen molar-refractivity contribution in [1.29, 1.82) is 0 Å². The molecule has 0 aromatic carbocycles. The van der Waals surface area contributed by atoms with Crippen molar-refractivity contribution in [2.75, 3.05) is 6.54 Å². The number of likely N-dealkylation sites (tertiary alicyclic amines) is 1. The number of nitrogens with one attached hydrogen (secondary N) is 1. The molecular formula is C13H18N2O2. The molecule has 1 amide bonds. The van der Waals surface area contributed by atoms with E-state index < -0.39 is 0 Å². The Morgan fingerprint density at radius 3 is 3.12 bits per heavy atom. The van der Waals surface area contributed by atoms with Gasteiger partial charge in [-0.05, 0) is 31.9 Å². The van der Waals surface area contributed by atoms with Gasteiger partial charge in [0.1, 0.15) is 11.5 Å². The largest absolute Gasteiger partial charge is 0.465 e. The van der Waals surface area contributed by atoms with Gasteiger partial charge in [-0.25, -0.2) is 0 Å². The van der Waals surface area contributed by atoms with E-state index >= 15 is 0 Å². The molecule has 0 aliphatic carbocycles. The first kappa shape index (κ1) is 10.8. The summed E-state index contributed by atoms with van der Waals surface area (Å²) >= 11 is 0. The Morgan fingerprint density at radius 2 is 2.35 bits per heavy atom. The molecule has 2 saturated heterocycles. The molecule has 0 bridgehead atoms. The van der Waals surface area contributed by atoms with Crippen LogP contribution < -0.4 is 5.32 Å². The van der Waals surface area contributed by atoms with Gasteiger partial charge in [0.25, 0.3) is 0 Å². The zero-order valence-corrected chi connectivity index (χ0v) is 10.1. The number of rotatable bonds is 2. The molecule has 1 aromatic heterocycles. The van der Waals surface area contributed by atoms with E-state index in [-0.39, 0.29) is 5.91 Å². The van der Waals surface area contributed by atoms with Crippen molar-refractivity contribution < 1.29 is 9.21 Å². The smallest absolute Gasteiger partial charge is 0.220 e. The highest BCUT2D eigenvalue weighted by Crippen LogP contribution is 2.27. The Balaban J connectivity index is 1.67. The number of carbonyl (C=O) groups is 1. The second-order valence-corrected chi connectivity index (χ2v) is 5.05. The molecule has 2 aliphatic heterocycles. The van der Waals surface area contributed by atoms with Crippen LogP contribution in [0.1, 0.15) is 30.8 Å². The molecule has 17 heavy (non-hydrogen) atoms. The molecule has 0 spiro atoms. The Morgan fingerprint density at radius 1 is 1.47 bits per heavy atom. The Kier molecular flexibility index (Phi) is 2.67. The third-order valence-corrected chi connectivity index (χ3v) is 3.83. The molecule has 2 fully saturated rings. The second kappa shape index (κ2) is 4.18. The third kappa shape index (κ3) is 2.09. The Hall–Kier alpha value is -1.29. The monoisotopic (exact) mass is 234 g/mol. The minimum absolute atomic E-state index is 0.210. The molecule has 0 radical (unpaired) electrons.